The standard InChI is InChI=1S/C31H42N2O4/c1-7-35-30(36-8-2)22(3)33(21-25-14-11-13-23-12-9-10-15-27(23)25)29(34)20-28(32)24-16-18-26(19-17-24)37-31(4,5)6/h9-19,22,28,30H,7-8,20-21,32H2,1-6H3/t22-,28?/m0/s1. The molecule has 0 aliphatic carbocycles. The molecule has 0 saturated carbocycles. The van der Waals surface area contributed by atoms with Crippen molar-refractivity contribution in [3.05, 3.63) is 77.9 Å². The van der Waals surface area contributed by atoms with Gasteiger partial charge in [-0.05, 0) is 75.6 Å². The molecule has 3 aromatic carbocycles. The van der Waals surface area contributed by atoms with E-state index in [1.165, 1.54) is 0 Å². The lowest BCUT2D eigenvalue weighted by Gasteiger charge is -2.35. The van der Waals surface area contributed by atoms with Crippen LogP contribution in [-0.2, 0) is 20.8 Å². The fraction of sp³-hybridized carbons (Fsp3) is 0.452. The lowest BCUT2D eigenvalue weighted by Crippen LogP contribution is -2.47. The molecular weight excluding hydrogens is 464 g/mol. The largest absolute Gasteiger partial charge is 0.488 e. The highest BCUT2D eigenvalue weighted by molar-refractivity contribution is 5.86. The molecule has 0 spiro atoms. The zero-order chi connectivity index (χ0) is 27.0. The fourth-order valence-electron chi connectivity index (χ4n) is 4.44. The van der Waals surface area contributed by atoms with E-state index in [-0.39, 0.29) is 24.0 Å². The minimum Gasteiger partial charge on any atom is -0.488 e. The Kier molecular flexibility index (Phi) is 10.1. The predicted molar refractivity (Wildman–Crippen MR) is 149 cm³/mol. The minimum absolute atomic E-state index is 0.0487. The number of amides is 1. The van der Waals surface area contributed by atoms with E-state index < -0.39 is 12.3 Å². The van der Waals surface area contributed by atoms with Gasteiger partial charge in [-0.15, -0.1) is 0 Å². The first-order valence-electron chi connectivity index (χ1n) is 13.2. The summed E-state index contributed by atoms with van der Waals surface area (Å²) < 4.78 is 17.7. The first kappa shape index (κ1) is 28.6. The van der Waals surface area contributed by atoms with Crippen LogP contribution in [0, 0.1) is 0 Å². The van der Waals surface area contributed by atoms with E-state index in [4.69, 9.17) is 19.9 Å². The number of carbonyl (C=O) groups is 1. The molecule has 0 saturated heterocycles. The van der Waals surface area contributed by atoms with Crippen molar-refractivity contribution in [1.29, 1.82) is 0 Å². The fourth-order valence-corrected chi connectivity index (χ4v) is 4.44. The summed E-state index contributed by atoms with van der Waals surface area (Å²) in [6.45, 7) is 13.3. The smallest absolute Gasteiger partial charge is 0.225 e. The van der Waals surface area contributed by atoms with Crippen LogP contribution in [0.1, 0.15) is 65.1 Å². The van der Waals surface area contributed by atoms with Crippen molar-refractivity contribution in [3.8, 4) is 5.75 Å². The van der Waals surface area contributed by atoms with Gasteiger partial charge in [0.2, 0.25) is 5.91 Å². The van der Waals surface area contributed by atoms with Gasteiger partial charge in [-0.2, -0.15) is 0 Å². The molecule has 2 atom stereocenters. The van der Waals surface area contributed by atoms with Crippen molar-refractivity contribution < 1.29 is 19.0 Å². The van der Waals surface area contributed by atoms with E-state index in [0.717, 1.165) is 27.6 Å². The number of nitrogens with two attached hydrogens (primary N) is 1. The van der Waals surface area contributed by atoms with E-state index in [1.54, 1.807) is 0 Å². The summed E-state index contributed by atoms with van der Waals surface area (Å²) in [7, 11) is 0. The molecule has 37 heavy (non-hydrogen) atoms. The van der Waals surface area contributed by atoms with Crippen molar-refractivity contribution in [3.63, 3.8) is 0 Å². The van der Waals surface area contributed by atoms with Crippen molar-refractivity contribution in [1.82, 2.24) is 4.90 Å². The van der Waals surface area contributed by atoms with Crippen LogP contribution in [0.4, 0.5) is 0 Å². The summed E-state index contributed by atoms with van der Waals surface area (Å²) in [4.78, 5) is 15.6. The Balaban J connectivity index is 1.85. The van der Waals surface area contributed by atoms with Crippen molar-refractivity contribution >= 4 is 16.7 Å². The molecule has 0 aliphatic rings. The summed E-state index contributed by atoms with van der Waals surface area (Å²) >= 11 is 0. The van der Waals surface area contributed by atoms with Crippen LogP contribution in [0.3, 0.4) is 0 Å². The lowest BCUT2D eigenvalue weighted by molar-refractivity contribution is -0.179. The normalized spacial score (nSPS) is 13.5. The third-order valence-corrected chi connectivity index (χ3v) is 6.22. The lowest BCUT2D eigenvalue weighted by atomic mass is 10.0. The highest BCUT2D eigenvalue weighted by atomic mass is 16.7. The third kappa shape index (κ3) is 8.03. The Morgan fingerprint density at radius 1 is 0.919 bits per heavy atom. The second kappa shape index (κ2) is 13.0. The Labute approximate surface area is 221 Å². The predicted octanol–water partition coefficient (Wildman–Crippen LogP) is 6.22. The van der Waals surface area contributed by atoms with E-state index >= 15 is 0 Å². The average Bonchev–Trinajstić information content (AvgIpc) is 2.86. The van der Waals surface area contributed by atoms with Gasteiger partial charge in [0.15, 0.2) is 6.29 Å². The Morgan fingerprint density at radius 2 is 1.54 bits per heavy atom. The van der Waals surface area contributed by atoms with Crippen molar-refractivity contribution in [2.75, 3.05) is 13.2 Å². The van der Waals surface area contributed by atoms with Crippen LogP contribution in [0.2, 0.25) is 0 Å². The Hall–Kier alpha value is -2.93. The molecule has 6 heteroatoms. The van der Waals surface area contributed by atoms with Gasteiger partial charge in [0.1, 0.15) is 11.4 Å². The van der Waals surface area contributed by atoms with Crippen LogP contribution >= 0.6 is 0 Å². The second-order valence-electron chi connectivity index (χ2n) is 10.3. The van der Waals surface area contributed by atoms with Crippen LogP contribution in [0.5, 0.6) is 5.75 Å². The summed E-state index contributed by atoms with van der Waals surface area (Å²) in [5.41, 5.74) is 8.21. The maximum Gasteiger partial charge on any atom is 0.225 e. The Morgan fingerprint density at radius 3 is 2.16 bits per heavy atom. The van der Waals surface area contributed by atoms with Gasteiger partial charge in [-0.3, -0.25) is 4.79 Å². The molecule has 1 unspecified atom stereocenters. The number of hydrogen-bond donors (Lipinski definition) is 1. The average molecular weight is 507 g/mol. The molecule has 6 nitrogen and oxygen atoms in total. The van der Waals surface area contributed by atoms with Crippen molar-refractivity contribution in [2.45, 2.75) is 78.5 Å². The minimum atomic E-state index is -0.529. The molecule has 0 radical (unpaired) electrons. The molecule has 0 aromatic heterocycles. The number of carbonyl (C=O) groups excluding carboxylic acids is 1. The van der Waals surface area contributed by atoms with E-state index in [0.29, 0.717) is 19.8 Å². The second-order valence-corrected chi connectivity index (χ2v) is 10.3. The Bertz CT molecular complexity index is 1130. The van der Waals surface area contributed by atoms with E-state index in [9.17, 15) is 4.79 Å². The number of hydrogen-bond acceptors (Lipinski definition) is 5. The van der Waals surface area contributed by atoms with Gasteiger partial charge in [-0.1, -0.05) is 54.6 Å². The van der Waals surface area contributed by atoms with Crippen LogP contribution in [0.25, 0.3) is 10.8 Å². The van der Waals surface area contributed by atoms with Gasteiger partial charge < -0.3 is 24.8 Å². The number of fused-ring (bicyclic) bond motifs is 1. The van der Waals surface area contributed by atoms with Gasteiger partial charge >= 0.3 is 0 Å². The highest BCUT2D eigenvalue weighted by Crippen LogP contribution is 2.26. The number of benzene rings is 3. The number of ether oxygens (including phenoxy) is 3. The monoisotopic (exact) mass is 506 g/mol. The summed E-state index contributed by atoms with van der Waals surface area (Å²) in [6, 6.07) is 21.3. The van der Waals surface area contributed by atoms with Gasteiger partial charge in [-0.25, -0.2) is 0 Å². The molecule has 2 N–H and O–H groups in total. The SMILES string of the molecule is CCOC(OCC)[C@H](C)N(Cc1cccc2ccccc12)C(=O)CC(N)c1ccc(OC(C)(C)C)cc1. The van der Waals surface area contributed by atoms with Crippen LogP contribution in [-0.4, -0.2) is 42.0 Å². The van der Waals surface area contributed by atoms with E-state index in [1.807, 2.05) is 88.9 Å². The van der Waals surface area contributed by atoms with Crippen molar-refractivity contribution in [2.24, 2.45) is 5.73 Å². The molecule has 0 bridgehead atoms. The molecule has 1 amide bonds. The third-order valence-electron chi connectivity index (χ3n) is 6.22. The van der Waals surface area contributed by atoms with Gasteiger partial charge in [0.25, 0.3) is 0 Å². The number of nitrogens with zero attached hydrogens (tertiary/aromatic N) is 1. The highest BCUT2D eigenvalue weighted by Gasteiger charge is 2.30. The molecule has 3 aromatic rings. The van der Waals surface area contributed by atoms with E-state index in [2.05, 4.69) is 24.3 Å². The molecule has 0 heterocycles. The van der Waals surface area contributed by atoms with Crippen LogP contribution in [0.15, 0.2) is 66.7 Å². The van der Waals surface area contributed by atoms with Gasteiger partial charge in [0.05, 0.1) is 6.04 Å². The molecule has 0 fully saturated rings. The molecule has 3 rings (SSSR count). The van der Waals surface area contributed by atoms with Crippen LogP contribution < -0.4 is 10.5 Å². The zero-order valence-electron chi connectivity index (χ0n) is 23.1. The molecule has 200 valence electrons. The topological polar surface area (TPSA) is 74.0 Å². The summed E-state index contributed by atoms with van der Waals surface area (Å²) in [6.07, 6.45) is -0.363. The van der Waals surface area contributed by atoms with Gasteiger partial charge in [0, 0.05) is 32.2 Å². The molecular formula is C31H42N2O4. The quantitative estimate of drug-likeness (QED) is 0.295. The maximum atomic E-state index is 13.8. The first-order valence-corrected chi connectivity index (χ1v) is 13.2. The molecule has 0 aliphatic heterocycles. The summed E-state index contributed by atoms with van der Waals surface area (Å²) in [5, 5.41) is 2.26. The first-order chi connectivity index (χ1) is 17.6. The summed E-state index contributed by atoms with van der Waals surface area (Å²) in [5.74, 6) is 0.726. The number of rotatable bonds is 12. The zero-order valence-corrected chi connectivity index (χ0v) is 23.1. The maximum absolute atomic E-state index is 13.8.